The van der Waals surface area contributed by atoms with Crippen LogP contribution in [0.3, 0.4) is 0 Å². The number of aromatic nitrogens is 2. The van der Waals surface area contributed by atoms with Gasteiger partial charge in [0.2, 0.25) is 0 Å². The number of hydrogen-bond acceptors (Lipinski definition) is 2. The molecule has 0 atom stereocenters. The molecule has 0 radical (unpaired) electrons. The van der Waals surface area contributed by atoms with Gasteiger partial charge < -0.3 is 5.32 Å². The molecular formula is C13H15N3. The van der Waals surface area contributed by atoms with Crippen LogP contribution in [0.1, 0.15) is 12.6 Å². The van der Waals surface area contributed by atoms with Gasteiger partial charge in [-0.2, -0.15) is 5.10 Å². The summed E-state index contributed by atoms with van der Waals surface area (Å²) in [4.78, 5) is 0. The molecule has 82 valence electrons. The number of nitrogens with zero attached hydrogens (tertiary/aromatic N) is 2. The maximum Gasteiger partial charge on any atom is 0.102 e. The molecule has 1 heterocycles. The summed E-state index contributed by atoms with van der Waals surface area (Å²) in [7, 11) is 0. The highest BCUT2D eigenvalue weighted by molar-refractivity contribution is 5.81. The van der Waals surface area contributed by atoms with Crippen LogP contribution in [0.4, 0.5) is 0 Å². The third kappa shape index (κ3) is 1.93. The second kappa shape index (κ2) is 4.82. The van der Waals surface area contributed by atoms with Crippen molar-refractivity contribution in [1.82, 2.24) is 15.1 Å². The Kier molecular flexibility index (Phi) is 3.23. The van der Waals surface area contributed by atoms with Crippen molar-refractivity contribution in [3.05, 3.63) is 30.0 Å². The van der Waals surface area contributed by atoms with E-state index in [4.69, 9.17) is 6.42 Å². The Labute approximate surface area is 95.5 Å². The average molecular weight is 213 g/mol. The number of rotatable bonds is 4. The lowest BCUT2D eigenvalue weighted by molar-refractivity contribution is 0.669. The molecular weight excluding hydrogens is 198 g/mol. The second-order valence-electron chi connectivity index (χ2n) is 3.61. The van der Waals surface area contributed by atoms with Crippen LogP contribution >= 0.6 is 0 Å². The summed E-state index contributed by atoms with van der Waals surface area (Å²) in [6.45, 7) is 4.33. The van der Waals surface area contributed by atoms with Crippen molar-refractivity contribution in [1.29, 1.82) is 0 Å². The lowest BCUT2D eigenvalue weighted by Crippen LogP contribution is -2.12. The summed E-state index contributed by atoms with van der Waals surface area (Å²) in [5.41, 5.74) is 2.17. The van der Waals surface area contributed by atoms with Gasteiger partial charge in [0.15, 0.2) is 0 Å². The minimum absolute atomic E-state index is 0.520. The van der Waals surface area contributed by atoms with E-state index in [1.165, 1.54) is 5.39 Å². The van der Waals surface area contributed by atoms with Gasteiger partial charge in [-0.05, 0) is 12.6 Å². The van der Waals surface area contributed by atoms with E-state index in [1.807, 2.05) is 16.8 Å². The van der Waals surface area contributed by atoms with E-state index in [-0.39, 0.29) is 0 Å². The molecule has 1 aromatic heterocycles. The van der Waals surface area contributed by atoms with Gasteiger partial charge in [0.25, 0.3) is 0 Å². The van der Waals surface area contributed by atoms with Gasteiger partial charge in [-0.1, -0.05) is 31.0 Å². The lowest BCUT2D eigenvalue weighted by atomic mass is 10.2. The zero-order valence-electron chi connectivity index (χ0n) is 9.40. The third-order valence-electron chi connectivity index (χ3n) is 2.52. The number of hydrogen-bond donors (Lipinski definition) is 1. The molecule has 0 saturated carbocycles. The van der Waals surface area contributed by atoms with Crippen molar-refractivity contribution < 1.29 is 0 Å². The molecule has 0 unspecified atom stereocenters. The second-order valence-corrected chi connectivity index (χ2v) is 3.61. The van der Waals surface area contributed by atoms with Crippen LogP contribution in [0, 0.1) is 12.3 Å². The van der Waals surface area contributed by atoms with Crippen LogP contribution in [0.25, 0.3) is 10.9 Å². The van der Waals surface area contributed by atoms with E-state index in [0.29, 0.717) is 6.54 Å². The van der Waals surface area contributed by atoms with Crippen molar-refractivity contribution in [2.45, 2.75) is 20.0 Å². The first-order valence-electron chi connectivity index (χ1n) is 5.45. The van der Waals surface area contributed by atoms with E-state index in [0.717, 1.165) is 24.3 Å². The molecule has 1 N–H and O–H groups in total. The van der Waals surface area contributed by atoms with Gasteiger partial charge in [-0.15, -0.1) is 6.42 Å². The molecule has 3 nitrogen and oxygen atoms in total. The average Bonchev–Trinajstić information content (AvgIpc) is 2.66. The summed E-state index contributed by atoms with van der Waals surface area (Å²) >= 11 is 0. The molecule has 0 amide bonds. The van der Waals surface area contributed by atoms with Crippen molar-refractivity contribution >= 4 is 10.9 Å². The summed E-state index contributed by atoms with van der Waals surface area (Å²) in [5.74, 6) is 2.63. The topological polar surface area (TPSA) is 29.9 Å². The van der Waals surface area contributed by atoms with Crippen LogP contribution in [-0.4, -0.2) is 16.3 Å². The lowest BCUT2D eigenvalue weighted by Gasteiger charge is -1.97. The van der Waals surface area contributed by atoms with Crippen LogP contribution in [-0.2, 0) is 13.1 Å². The van der Waals surface area contributed by atoms with Gasteiger partial charge in [-0.25, -0.2) is 0 Å². The minimum Gasteiger partial charge on any atom is -0.311 e. The molecule has 0 aliphatic heterocycles. The van der Waals surface area contributed by atoms with E-state index in [9.17, 15) is 0 Å². The monoisotopic (exact) mass is 213 g/mol. The highest BCUT2D eigenvalue weighted by atomic mass is 15.3. The van der Waals surface area contributed by atoms with Crippen molar-refractivity contribution in [3.63, 3.8) is 0 Å². The first-order valence-corrected chi connectivity index (χ1v) is 5.45. The molecule has 0 saturated heterocycles. The Morgan fingerprint density at radius 1 is 1.44 bits per heavy atom. The maximum atomic E-state index is 5.33. The largest absolute Gasteiger partial charge is 0.311 e. The predicted octanol–water partition coefficient (Wildman–Crippen LogP) is 1.78. The zero-order valence-corrected chi connectivity index (χ0v) is 9.40. The van der Waals surface area contributed by atoms with Crippen LogP contribution < -0.4 is 5.32 Å². The molecule has 2 rings (SSSR count). The Morgan fingerprint density at radius 3 is 3.00 bits per heavy atom. The standard InChI is InChI=1S/C13H15N3/c1-3-9-16-13-8-6-5-7-11(13)12(15-16)10-14-4-2/h1,5-8,14H,4,9-10H2,2H3. The summed E-state index contributed by atoms with van der Waals surface area (Å²) in [6, 6.07) is 8.17. The number of terminal acetylenes is 1. The Balaban J connectivity index is 2.45. The Bertz CT molecular complexity index is 519. The van der Waals surface area contributed by atoms with Gasteiger partial charge in [0.05, 0.1) is 11.2 Å². The molecule has 3 heteroatoms. The summed E-state index contributed by atoms with van der Waals surface area (Å²) < 4.78 is 1.88. The highest BCUT2D eigenvalue weighted by Crippen LogP contribution is 2.17. The number of nitrogens with one attached hydrogen (secondary N) is 1. The predicted molar refractivity (Wildman–Crippen MR) is 65.9 cm³/mol. The fraction of sp³-hybridized carbons (Fsp3) is 0.308. The fourth-order valence-corrected chi connectivity index (χ4v) is 1.78. The Hall–Kier alpha value is -1.79. The van der Waals surface area contributed by atoms with E-state index >= 15 is 0 Å². The molecule has 16 heavy (non-hydrogen) atoms. The normalized spacial score (nSPS) is 10.5. The Morgan fingerprint density at radius 2 is 2.25 bits per heavy atom. The summed E-state index contributed by atoms with van der Waals surface area (Å²) in [5, 5.41) is 8.99. The first kappa shape index (κ1) is 10.7. The van der Waals surface area contributed by atoms with Crippen LogP contribution in [0.2, 0.25) is 0 Å². The zero-order chi connectivity index (χ0) is 11.4. The molecule has 0 spiro atoms. The molecule has 0 bridgehead atoms. The molecule has 0 fully saturated rings. The minimum atomic E-state index is 0.520. The smallest absolute Gasteiger partial charge is 0.102 e. The number of benzene rings is 1. The van der Waals surface area contributed by atoms with E-state index in [2.05, 4.69) is 35.4 Å². The van der Waals surface area contributed by atoms with Crippen LogP contribution in [0.5, 0.6) is 0 Å². The molecule has 0 aliphatic carbocycles. The van der Waals surface area contributed by atoms with Crippen molar-refractivity contribution in [3.8, 4) is 12.3 Å². The quantitative estimate of drug-likeness (QED) is 0.785. The number of para-hydroxylation sites is 1. The van der Waals surface area contributed by atoms with E-state index in [1.54, 1.807) is 0 Å². The number of fused-ring (bicyclic) bond motifs is 1. The van der Waals surface area contributed by atoms with Crippen molar-refractivity contribution in [2.24, 2.45) is 0 Å². The summed E-state index contributed by atoms with van der Waals surface area (Å²) in [6.07, 6.45) is 5.33. The SMILES string of the molecule is C#CCn1nc(CNCC)c2ccccc21. The first-order chi connectivity index (χ1) is 7.86. The van der Waals surface area contributed by atoms with Gasteiger partial charge in [0, 0.05) is 11.9 Å². The third-order valence-corrected chi connectivity index (χ3v) is 2.52. The van der Waals surface area contributed by atoms with Gasteiger partial charge >= 0.3 is 0 Å². The molecule has 1 aromatic carbocycles. The van der Waals surface area contributed by atoms with Gasteiger partial charge in [0.1, 0.15) is 6.54 Å². The molecule has 0 aliphatic rings. The van der Waals surface area contributed by atoms with Crippen LogP contribution in [0.15, 0.2) is 24.3 Å². The van der Waals surface area contributed by atoms with Gasteiger partial charge in [-0.3, -0.25) is 4.68 Å². The van der Waals surface area contributed by atoms with Crippen molar-refractivity contribution in [2.75, 3.05) is 6.54 Å². The fourth-order valence-electron chi connectivity index (χ4n) is 1.78. The highest BCUT2D eigenvalue weighted by Gasteiger charge is 2.07. The molecule has 2 aromatic rings. The maximum absolute atomic E-state index is 5.33. The van der Waals surface area contributed by atoms with E-state index < -0.39 is 0 Å².